The summed E-state index contributed by atoms with van der Waals surface area (Å²) in [6.07, 6.45) is -0.134. The topological polar surface area (TPSA) is 74.8 Å². The number of ether oxygens (including phenoxy) is 1. The molecule has 0 saturated carbocycles. The molecule has 0 aliphatic heterocycles. The Hall–Kier alpha value is -3.09. The van der Waals surface area contributed by atoms with E-state index in [4.69, 9.17) is 4.74 Å². The summed E-state index contributed by atoms with van der Waals surface area (Å²) >= 11 is 0. The van der Waals surface area contributed by atoms with Gasteiger partial charge >= 0.3 is 0 Å². The summed E-state index contributed by atoms with van der Waals surface area (Å²) in [5.41, 5.74) is 1.70. The molecule has 0 heterocycles. The van der Waals surface area contributed by atoms with E-state index in [0.717, 1.165) is 5.56 Å². The van der Waals surface area contributed by atoms with Crippen LogP contribution in [0.1, 0.15) is 22.8 Å². The molecule has 0 saturated heterocycles. The number of amides is 1. The van der Waals surface area contributed by atoms with Gasteiger partial charge in [0, 0.05) is 25.7 Å². The Morgan fingerprint density at radius 2 is 1.82 bits per heavy atom. The van der Waals surface area contributed by atoms with Gasteiger partial charge in [0.15, 0.2) is 5.96 Å². The average molecular weight is 386 g/mol. The second kappa shape index (κ2) is 10.9. The monoisotopic (exact) mass is 386 g/mol. The molecule has 0 fully saturated rings. The smallest absolute Gasteiger partial charge is 0.251 e. The number of benzene rings is 2. The Bertz CT molecular complexity index is 793. The van der Waals surface area contributed by atoms with Crippen molar-refractivity contribution in [3.05, 3.63) is 65.5 Å². The van der Waals surface area contributed by atoms with Crippen LogP contribution in [0.15, 0.2) is 53.5 Å². The normalized spacial score (nSPS) is 12.2. The number of aryl methyl sites for hydroxylation is 1. The number of carbonyl (C=O) groups excluding carboxylic acids is 1. The Labute approximate surface area is 165 Å². The van der Waals surface area contributed by atoms with Gasteiger partial charge in [0.1, 0.15) is 17.7 Å². The number of rotatable bonds is 8. The van der Waals surface area contributed by atoms with Crippen LogP contribution < -0.4 is 20.7 Å². The fourth-order valence-electron chi connectivity index (χ4n) is 2.49. The molecule has 0 spiro atoms. The maximum Gasteiger partial charge on any atom is 0.251 e. The van der Waals surface area contributed by atoms with Gasteiger partial charge in [-0.25, -0.2) is 4.39 Å². The lowest BCUT2D eigenvalue weighted by Crippen LogP contribution is -2.44. The molecule has 2 aromatic carbocycles. The van der Waals surface area contributed by atoms with Crippen molar-refractivity contribution in [1.29, 1.82) is 0 Å². The van der Waals surface area contributed by atoms with E-state index >= 15 is 0 Å². The van der Waals surface area contributed by atoms with Crippen molar-refractivity contribution in [2.45, 2.75) is 20.0 Å². The summed E-state index contributed by atoms with van der Waals surface area (Å²) in [4.78, 5) is 16.2. The third-order valence-corrected chi connectivity index (χ3v) is 3.91. The van der Waals surface area contributed by atoms with E-state index < -0.39 is 0 Å². The van der Waals surface area contributed by atoms with E-state index in [0.29, 0.717) is 36.9 Å². The highest BCUT2D eigenvalue weighted by atomic mass is 19.1. The van der Waals surface area contributed by atoms with Crippen LogP contribution in [0, 0.1) is 12.7 Å². The number of aliphatic imine (C=N–C) groups is 1. The number of guanidine groups is 1. The quantitative estimate of drug-likeness (QED) is 0.370. The first-order valence-electron chi connectivity index (χ1n) is 9.19. The lowest BCUT2D eigenvalue weighted by molar-refractivity contribution is 0.0954. The minimum absolute atomic E-state index is 0.102. The van der Waals surface area contributed by atoms with Crippen molar-refractivity contribution < 1.29 is 13.9 Å². The molecule has 150 valence electrons. The molecule has 1 amide bonds. The minimum atomic E-state index is -0.294. The largest absolute Gasteiger partial charge is 0.489 e. The van der Waals surface area contributed by atoms with Crippen molar-refractivity contribution >= 4 is 11.9 Å². The van der Waals surface area contributed by atoms with Crippen molar-refractivity contribution in [3.8, 4) is 5.75 Å². The van der Waals surface area contributed by atoms with Gasteiger partial charge in [0.25, 0.3) is 5.91 Å². The van der Waals surface area contributed by atoms with Gasteiger partial charge in [-0.1, -0.05) is 17.7 Å². The van der Waals surface area contributed by atoms with Gasteiger partial charge in [-0.2, -0.15) is 0 Å². The highest BCUT2D eigenvalue weighted by Gasteiger charge is 2.07. The van der Waals surface area contributed by atoms with E-state index in [1.54, 1.807) is 25.2 Å². The fraction of sp³-hybridized carbons (Fsp3) is 0.333. The number of hydrogen-bond donors (Lipinski definition) is 3. The third-order valence-electron chi connectivity index (χ3n) is 3.91. The molecule has 3 N–H and O–H groups in total. The first-order chi connectivity index (χ1) is 13.5. The van der Waals surface area contributed by atoms with Crippen molar-refractivity contribution in [2.24, 2.45) is 4.99 Å². The lowest BCUT2D eigenvalue weighted by Gasteiger charge is -2.18. The maximum atomic E-state index is 12.9. The highest BCUT2D eigenvalue weighted by Crippen LogP contribution is 2.12. The van der Waals surface area contributed by atoms with Gasteiger partial charge in [-0.3, -0.25) is 9.79 Å². The summed E-state index contributed by atoms with van der Waals surface area (Å²) in [6.45, 7) is 5.38. The van der Waals surface area contributed by atoms with Gasteiger partial charge < -0.3 is 20.7 Å². The van der Waals surface area contributed by atoms with Crippen LogP contribution >= 0.6 is 0 Å². The van der Waals surface area contributed by atoms with Crippen LogP contribution in [0.25, 0.3) is 0 Å². The Morgan fingerprint density at radius 1 is 1.11 bits per heavy atom. The average Bonchev–Trinajstić information content (AvgIpc) is 2.69. The van der Waals surface area contributed by atoms with Crippen molar-refractivity contribution in [3.63, 3.8) is 0 Å². The molecule has 2 rings (SSSR count). The molecule has 2 aromatic rings. The first-order valence-corrected chi connectivity index (χ1v) is 9.19. The fourth-order valence-corrected chi connectivity index (χ4v) is 2.49. The second-order valence-electron chi connectivity index (χ2n) is 6.39. The third kappa shape index (κ3) is 7.26. The SMILES string of the molecule is CN=C(NCCNC(=O)c1cccc(C)c1)NCC(C)Oc1ccc(F)cc1. The minimum Gasteiger partial charge on any atom is -0.489 e. The molecule has 28 heavy (non-hydrogen) atoms. The van der Waals surface area contributed by atoms with Crippen LogP contribution in [0.5, 0.6) is 5.75 Å². The molecular weight excluding hydrogens is 359 g/mol. The van der Waals surface area contributed by atoms with E-state index in [9.17, 15) is 9.18 Å². The number of nitrogens with zero attached hydrogens (tertiary/aromatic N) is 1. The Balaban J connectivity index is 1.66. The van der Waals surface area contributed by atoms with Gasteiger partial charge in [-0.15, -0.1) is 0 Å². The molecule has 0 aliphatic carbocycles. The van der Waals surface area contributed by atoms with E-state index in [1.165, 1.54) is 12.1 Å². The number of halogens is 1. The number of carbonyl (C=O) groups is 1. The van der Waals surface area contributed by atoms with E-state index in [2.05, 4.69) is 20.9 Å². The molecule has 1 atom stereocenters. The molecule has 1 unspecified atom stereocenters. The highest BCUT2D eigenvalue weighted by molar-refractivity contribution is 5.94. The molecule has 0 radical (unpaired) electrons. The van der Waals surface area contributed by atoms with E-state index in [1.807, 2.05) is 32.0 Å². The number of hydrogen-bond acceptors (Lipinski definition) is 3. The Kier molecular flexibility index (Phi) is 8.27. The summed E-state index contributed by atoms with van der Waals surface area (Å²) < 4.78 is 18.6. The zero-order valence-electron chi connectivity index (χ0n) is 16.5. The molecule has 7 heteroatoms. The zero-order valence-corrected chi connectivity index (χ0v) is 16.5. The molecule has 0 bridgehead atoms. The summed E-state index contributed by atoms with van der Waals surface area (Å²) in [6, 6.07) is 13.4. The molecular formula is C21H27FN4O2. The lowest BCUT2D eigenvalue weighted by atomic mass is 10.1. The maximum absolute atomic E-state index is 12.9. The van der Waals surface area contributed by atoms with E-state index in [-0.39, 0.29) is 17.8 Å². The van der Waals surface area contributed by atoms with Gasteiger partial charge in [0.05, 0.1) is 6.54 Å². The summed E-state index contributed by atoms with van der Waals surface area (Å²) in [5, 5.41) is 9.16. The molecule has 0 aliphatic rings. The number of nitrogens with one attached hydrogen (secondary N) is 3. The second-order valence-corrected chi connectivity index (χ2v) is 6.39. The first kappa shape index (κ1) is 21.2. The van der Waals surface area contributed by atoms with Crippen LogP contribution in [0.4, 0.5) is 4.39 Å². The van der Waals surface area contributed by atoms with Crippen molar-refractivity contribution in [1.82, 2.24) is 16.0 Å². The predicted octanol–water partition coefficient (Wildman–Crippen LogP) is 2.50. The van der Waals surface area contributed by atoms with Gasteiger partial charge in [-0.05, 0) is 50.2 Å². The van der Waals surface area contributed by atoms with Crippen molar-refractivity contribution in [2.75, 3.05) is 26.7 Å². The molecule has 6 nitrogen and oxygen atoms in total. The summed E-state index contributed by atoms with van der Waals surface area (Å²) in [5.74, 6) is 0.823. The van der Waals surface area contributed by atoms with Crippen LogP contribution in [0.3, 0.4) is 0 Å². The van der Waals surface area contributed by atoms with Crippen LogP contribution in [-0.4, -0.2) is 44.7 Å². The predicted molar refractivity (Wildman–Crippen MR) is 109 cm³/mol. The standard InChI is InChI=1S/C21H27FN4O2/c1-15-5-4-6-17(13-15)20(27)24-11-12-25-21(23-3)26-14-16(2)28-19-9-7-18(22)8-10-19/h4-10,13,16H,11-12,14H2,1-3H3,(H,24,27)(H2,23,25,26). The molecule has 0 aromatic heterocycles. The van der Waals surface area contributed by atoms with Crippen LogP contribution in [0.2, 0.25) is 0 Å². The van der Waals surface area contributed by atoms with Gasteiger partial charge in [0.2, 0.25) is 0 Å². The summed E-state index contributed by atoms with van der Waals surface area (Å²) in [7, 11) is 1.67. The van der Waals surface area contributed by atoms with Crippen LogP contribution in [-0.2, 0) is 0 Å². The Morgan fingerprint density at radius 3 is 2.50 bits per heavy atom. The zero-order chi connectivity index (χ0) is 20.4.